The lowest BCUT2D eigenvalue weighted by Gasteiger charge is -2.13. The van der Waals surface area contributed by atoms with Gasteiger partial charge in [-0.1, -0.05) is 18.2 Å². The van der Waals surface area contributed by atoms with Crippen LogP contribution in [0.1, 0.15) is 51.6 Å². The molecule has 0 aliphatic rings. The number of rotatable bonds is 6. The Kier molecular flexibility index (Phi) is 5.69. The van der Waals surface area contributed by atoms with Crippen LogP contribution in [0.2, 0.25) is 0 Å². The van der Waals surface area contributed by atoms with Crippen molar-refractivity contribution in [3.05, 3.63) is 62.8 Å². The van der Waals surface area contributed by atoms with Crippen molar-refractivity contribution < 1.29 is 19.1 Å². The van der Waals surface area contributed by atoms with Crippen LogP contribution in [-0.2, 0) is 23.0 Å². The second kappa shape index (κ2) is 8.06. The van der Waals surface area contributed by atoms with Crippen LogP contribution in [0, 0.1) is 13.8 Å². The molecule has 1 atom stereocenters. The average molecular weight is 409 g/mol. The maximum absolute atomic E-state index is 12.8. The highest BCUT2D eigenvalue weighted by molar-refractivity contribution is 6.05. The number of carbonyl (C=O) groups excluding carboxylic acids is 3. The summed E-state index contributed by atoms with van der Waals surface area (Å²) >= 11 is 0. The standard InChI is InChI=1S/C22H23N3O5/c1-11-19(13(3)26)12(2)23-20(11)21(28)14(4)30-18(27)10-17-15-8-6-7-9-16(15)22(29)25(5)24-17/h6-9,14,23H,10H2,1-5H3/t14-/m1/s1. The first-order chi connectivity index (χ1) is 14.1. The molecule has 0 aliphatic heterocycles. The van der Waals surface area contributed by atoms with Gasteiger partial charge in [0.15, 0.2) is 11.9 Å². The van der Waals surface area contributed by atoms with Crippen LogP contribution in [0.15, 0.2) is 29.1 Å². The fraction of sp³-hybridized carbons (Fsp3) is 0.318. The summed E-state index contributed by atoms with van der Waals surface area (Å²) in [7, 11) is 1.51. The minimum Gasteiger partial charge on any atom is -0.454 e. The van der Waals surface area contributed by atoms with E-state index >= 15 is 0 Å². The predicted molar refractivity (Wildman–Crippen MR) is 111 cm³/mol. The van der Waals surface area contributed by atoms with E-state index in [4.69, 9.17) is 4.74 Å². The molecule has 0 saturated carbocycles. The molecule has 30 heavy (non-hydrogen) atoms. The van der Waals surface area contributed by atoms with Gasteiger partial charge in [0.05, 0.1) is 23.2 Å². The third-order valence-electron chi connectivity index (χ3n) is 5.06. The average Bonchev–Trinajstić information content (AvgIpc) is 2.99. The van der Waals surface area contributed by atoms with E-state index in [2.05, 4.69) is 10.1 Å². The molecule has 0 unspecified atom stereocenters. The Hall–Kier alpha value is -3.55. The number of hydrogen-bond acceptors (Lipinski definition) is 6. The Balaban J connectivity index is 1.81. The van der Waals surface area contributed by atoms with Gasteiger partial charge >= 0.3 is 5.97 Å². The second-order valence-corrected chi connectivity index (χ2v) is 7.28. The van der Waals surface area contributed by atoms with Gasteiger partial charge in [0.25, 0.3) is 5.56 Å². The summed E-state index contributed by atoms with van der Waals surface area (Å²) in [6.45, 7) is 6.32. The molecule has 0 fully saturated rings. The van der Waals surface area contributed by atoms with Crippen molar-refractivity contribution in [2.24, 2.45) is 7.05 Å². The molecule has 156 valence electrons. The van der Waals surface area contributed by atoms with Gasteiger partial charge in [-0.3, -0.25) is 19.2 Å². The van der Waals surface area contributed by atoms with Gasteiger partial charge in [0, 0.05) is 23.7 Å². The Labute approximate surface area is 172 Å². The van der Waals surface area contributed by atoms with E-state index in [1.807, 2.05) is 0 Å². The van der Waals surface area contributed by atoms with E-state index < -0.39 is 17.9 Å². The van der Waals surface area contributed by atoms with E-state index in [-0.39, 0.29) is 23.5 Å². The van der Waals surface area contributed by atoms with Gasteiger partial charge in [0.2, 0.25) is 5.78 Å². The van der Waals surface area contributed by atoms with Crippen LogP contribution in [0.5, 0.6) is 0 Å². The van der Waals surface area contributed by atoms with Crippen LogP contribution in [0.25, 0.3) is 10.8 Å². The van der Waals surface area contributed by atoms with Crippen molar-refractivity contribution in [1.29, 1.82) is 0 Å². The molecule has 0 radical (unpaired) electrons. The molecule has 0 bridgehead atoms. The van der Waals surface area contributed by atoms with Gasteiger partial charge in [-0.25, -0.2) is 4.68 Å². The smallest absolute Gasteiger partial charge is 0.312 e. The number of benzene rings is 1. The number of aromatic amines is 1. The summed E-state index contributed by atoms with van der Waals surface area (Å²) in [5.41, 5.74) is 2.00. The van der Waals surface area contributed by atoms with E-state index in [1.165, 1.54) is 25.6 Å². The largest absolute Gasteiger partial charge is 0.454 e. The first-order valence-electron chi connectivity index (χ1n) is 9.50. The zero-order valence-corrected chi connectivity index (χ0v) is 17.5. The fourth-order valence-electron chi connectivity index (χ4n) is 3.66. The molecule has 8 nitrogen and oxygen atoms in total. The van der Waals surface area contributed by atoms with Crippen molar-refractivity contribution in [2.45, 2.75) is 40.2 Å². The molecular weight excluding hydrogens is 386 g/mol. The summed E-state index contributed by atoms with van der Waals surface area (Å²) in [5, 5.41) is 5.20. The first-order valence-corrected chi connectivity index (χ1v) is 9.50. The number of Topliss-reactive ketones (excluding diaryl/α,β-unsaturated/α-hetero) is 2. The fourth-order valence-corrected chi connectivity index (χ4v) is 3.66. The summed E-state index contributed by atoms with van der Waals surface area (Å²) in [4.78, 5) is 52.2. The highest BCUT2D eigenvalue weighted by Gasteiger charge is 2.26. The Morgan fingerprint density at radius 1 is 1.17 bits per heavy atom. The van der Waals surface area contributed by atoms with E-state index in [1.54, 1.807) is 38.1 Å². The number of aromatic nitrogens is 3. The number of esters is 1. The number of hydrogen-bond donors (Lipinski definition) is 1. The number of ketones is 2. The van der Waals surface area contributed by atoms with Crippen molar-refractivity contribution in [3.63, 3.8) is 0 Å². The molecule has 3 aromatic rings. The number of nitrogens with one attached hydrogen (secondary N) is 1. The Morgan fingerprint density at radius 3 is 2.40 bits per heavy atom. The lowest BCUT2D eigenvalue weighted by molar-refractivity contribution is -0.145. The SMILES string of the molecule is CC(=O)c1c(C)[nH]c(C(=O)[C@@H](C)OC(=O)Cc2nn(C)c(=O)c3ccccc23)c1C. The number of fused-ring (bicyclic) bond motifs is 1. The van der Waals surface area contributed by atoms with Crippen LogP contribution >= 0.6 is 0 Å². The Morgan fingerprint density at radius 2 is 1.80 bits per heavy atom. The third-order valence-corrected chi connectivity index (χ3v) is 5.06. The summed E-state index contributed by atoms with van der Waals surface area (Å²) < 4.78 is 6.51. The van der Waals surface area contributed by atoms with Crippen LogP contribution < -0.4 is 5.56 Å². The minimum atomic E-state index is -1.05. The molecule has 2 aromatic heterocycles. The second-order valence-electron chi connectivity index (χ2n) is 7.28. The molecule has 2 heterocycles. The molecule has 0 aliphatic carbocycles. The number of ether oxygens (including phenoxy) is 1. The number of aryl methyl sites for hydroxylation is 2. The maximum Gasteiger partial charge on any atom is 0.312 e. The van der Waals surface area contributed by atoms with E-state index in [0.29, 0.717) is 33.3 Å². The van der Waals surface area contributed by atoms with Gasteiger partial charge in [-0.2, -0.15) is 5.10 Å². The van der Waals surface area contributed by atoms with Crippen molar-refractivity contribution in [2.75, 3.05) is 0 Å². The maximum atomic E-state index is 12.8. The molecule has 8 heteroatoms. The topological polar surface area (TPSA) is 111 Å². The number of nitrogens with zero attached hydrogens (tertiary/aromatic N) is 2. The molecule has 0 amide bonds. The van der Waals surface area contributed by atoms with Gasteiger partial charge in [-0.05, 0) is 39.3 Å². The normalized spacial score (nSPS) is 12.0. The molecule has 1 aromatic carbocycles. The zero-order chi connectivity index (χ0) is 22.2. The van der Waals surface area contributed by atoms with Crippen LogP contribution in [0.4, 0.5) is 0 Å². The molecule has 3 rings (SSSR count). The third kappa shape index (κ3) is 3.80. The number of H-pyrrole nitrogens is 1. The van der Waals surface area contributed by atoms with E-state index in [9.17, 15) is 19.2 Å². The molecular formula is C22H23N3O5. The highest BCUT2D eigenvalue weighted by atomic mass is 16.5. The molecule has 0 spiro atoms. The van der Waals surface area contributed by atoms with Gasteiger partial charge < -0.3 is 9.72 Å². The lowest BCUT2D eigenvalue weighted by atomic mass is 10.0. The van der Waals surface area contributed by atoms with Crippen LogP contribution in [-0.4, -0.2) is 38.4 Å². The zero-order valence-electron chi connectivity index (χ0n) is 17.5. The lowest BCUT2D eigenvalue weighted by Crippen LogP contribution is -2.27. The molecule has 1 N–H and O–H groups in total. The van der Waals surface area contributed by atoms with E-state index in [0.717, 1.165) is 0 Å². The Bertz CT molecular complexity index is 1240. The highest BCUT2D eigenvalue weighted by Crippen LogP contribution is 2.21. The van der Waals surface area contributed by atoms with Crippen molar-refractivity contribution in [1.82, 2.24) is 14.8 Å². The number of carbonyl (C=O) groups is 3. The monoisotopic (exact) mass is 409 g/mol. The van der Waals surface area contributed by atoms with Gasteiger partial charge in [0.1, 0.15) is 0 Å². The summed E-state index contributed by atoms with van der Waals surface area (Å²) in [5.74, 6) is -1.20. The summed E-state index contributed by atoms with van der Waals surface area (Å²) in [6, 6.07) is 6.88. The quantitative estimate of drug-likeness (QED) is 0.494. The van der Waals surface area contributed by atoms with Gasteiger partial charge in [-0.15, -0.1) is 0 Å². The first kappa shape index (κ1) is 21.2. The van der Waals surface area contributed by atoms with Crippen LogP contribution in [0.3, 0.4) is 0 Å². The van der Waals surface area contributed by atoms with Crippen molar-refractivity contribution >= 4 is 28.3 Å². The minimum absolute atomic E-state index is 0.141. The molecule has 0 saturated heterocycles. The summed E-state index contributed by atoms with van der Waals surface area (Å²) in [6.07, 6.45) is -1.24. The predicted octanol–water partition coefficient (Wildman–Crippen LogP) is 2.44. The van der Waals surface area contributed by atoms with Crippen molar-refractivity contribution in [3.8, 4) is 0 Å².